The molecule has 1 aromatic heterocycles. The van der Waals surface area contributed by atoms with Gasteiger partial charge in [0.05, 0.1) is 13.1 Å². The number of quaternary nitrogens is 1. The van der Waals surface area contributed by atoms with Gasteiger partial charge in [0.15, 0.2) is 0 Å². The molecule has 4 rings (SSSR count). The van der Waals surface area contributed by atoms with Gasteiger partial charge in [-0.2, -0.15) is 4.68 Å². The number of hydrogen-bond acceptors (Lipinski definition) is 4. The van der Waals surface area contributed by atoms with Gasteiger partial charge in [-0.15, -0.1) is 5.10 Å². The van der Waals surface area contributed by atoms with Crippen LogP contribution in [-0.2, 0) is 24.4 Å². The lowest BCUT2D eigenvalue weighted by Crippen LogP contribution is -3.08. The highest BCUT2D eigenvalue weighted by Crippen LogP contribution is 2.14. The first-order valence-electron chi connectivity index (χ1n) is 9.99. The summed E-state index contributed by atoms with van der Waals surface area (Å²) in [6.45, 7) is 3.66. The largest absolute Gasteiger partial charge is 0.437 e. The van der Waals surface area contributed by atoms with Gasteiger partial charge >= 0.3 is 5.76 Å². The Kier molecular flexibility index (Phi) is 5.86. The summed E-state index contributed by atoms with van der Waals surface area (Å²) in [5.74, 6) is -0.706. The molecule has 0 aliphatic carbocycles. The fourth-order valence-electron chi connectivity index (χ4n) is 3.71. The van der Waals surface area contributed by atoms with E-state index < -0.39 is 5.76 Å². The molecule has 0 radical (unpaired) electrons. The van der Waals surface area contributed by atoms with Gasteiger partial charge in [-0.1, -0.05) is 42.5 Å². The first kappa shape index (κ1) is 19.1. The van der Waals surface area contributed by atoms with Gasteiger partial charge in [0.1, 0.15) is 13.1 Å². The van der Waals surface area contributed by atoms with Gasteiger partial charge in [0.25, 0.3) is 0 Å². The van der Waals surface area contributed by atoms with E-state index >= 15 is 0 Å². The van der Waals surface area contributed by atoms with Crippen LogP contribution in [0.2, 0.25) is 0 Å². The molecule has 1 saturated heterocycles. The molecule has 2 heterocycles. The molecule has 0 atom stereocenters. The highest BCUT2D eigenvalue weighted by molar-refractivity contribution is 5.75. The van der Waals surface area contributed by atoms with Crippen molar-refractivity contribution >= 4 is 5.91 Å². The summed E-state index contributed by atoms with van der Waals surface area (Å²) in [7, 11) is 0. The van der Waals surface area contributed by atoms with E-state index in [-0.39, 0.29) is 18.3 Å². The maximum Gasteiger partial charge on any atom is 0.437 e. The molecule has 3 aromatic rings. The molecule has 0 saturated carbocycles. The van der Waals surface area contributed by atoms with Crippen LogP contribution >= 0.6 is 0 Å². The Bertz CT molecular complexity index is 1020. The van der Waals surface area contributed by atoms with Crippen molar-refractivity contribution in [1.82, 2.24) is 15.1 Å². The van der Waals surface area contributed by atoms with Gasteiger partial charge in [-0.25, -0.2) is 4.79 Å². The Morgan fingerprint density at radius 2 is 1.72 bits per heavy atom. The third kappa shape index (κ3) is 4.81. The molecule has 150 valence electrons. The summed E-state index contributed by atoms with van der Waals surface area (Å²) < 4.78 is 6.22. The second-order valence-electron chi connectivity index (χ2n) is 7.38. The summed E-state index contributed by atoms with van der Waals surface area (Å²) in [5.41, 5.74) is 3.06. The van der Waals surface area contributed by atoms with Crippen LogP contribution in [-0.4, -0.2) is 28.8 Å². The van der Waals surface area contributed by atoms with Crippen molar-refractivity contribution < 1.29 is 14.1 Å². The van der Waals surface area contributed by atoms with Crippen molar-refractivity contribution in [2.75, 3.05) is 13.1 Å². The van der Waals surface area contributed by atoms with Crippen molar-refractivity contribution in [1.29, 1.82) is 0 Å². The molecular weight excluding hydrogens is 368 g/mol. The number of hydrogen-bond donors (Lipinski definition) is 2. The van der Waals surface area contributed by atoms with Crippen molar-refractivity contribution in [2.24, 2.45) is 0 Å². The van der Waals surface area contributed by atoms with Crippen LogP contribution in [0.1, 0.15) is 24.0 Å². The highest BCUT2D eigenvalue weighted by Gasteiger charge is 2.18. The molecule has 1 amide bonds. The molecule has 2 N–H and O–H groups in total. The zero-order valence-electron chi connectivity index (χ0n) is 16.3. The second-order valence-corrected chi connectivity index (χ2v) is 7.38. The second kappa shape index (κ2) is 8.87. The van der Waals surface area contributed by atoms with Crippen molar-refractivity contribution in [3.8, 4) is 11.5 Å². The zero-order valence-corrected chi connectivity index (χ0v) is 16.3. The number of nitrogens with zero attached hydrogens (tertiary/aromatic N) is 2. The zero-order chi connectivity index (χ0) is 20.1. The topological polar surface area (TPSA) is 81.6 Å². The standard InChI is InChI=1S/C22H24N4O3/c27-20(16-26-22(28)29-21(24-26)17-8-2-1-3-9-17)23-14-18-10-4-5-11-19(18)15-25-12-6-7-13-25/h1-5,8-11H,6-7,12-16H2,(H,23,27)/p+1. The monoisotopic (exact) mass is 393 g/mol. The predicted molar refractivity (Wildman–Crippen MR) is 108 cm³/mol. The van der Waals surface area contributed by atoms with E-state index in [2.05, 4.69) is 16.5 Å². The summed E-state index contributed by atoms with van der Waals surface area (Å²) >= 11 is 0. The van der Waals surface area contributed by atoms with E-state index in [9.17, 15) is 9.59 Å². The number of carbonyl (C=O) groups excluding carboxylic acids is 1. The molecule has 29 heavy (non-hydrogen) atoms. The quantitative estimate of drug-likeness (QED) is 0.628. The van der Waals surface area contributed by atoms with Gasteiger partial charge in [-0.05, 0) is 17.7 Å². The van der Waals surface area contributed by atoms with E-state index in [0.29, 0.717) is 12.1 Å². The van der Waals surface area contributed by atoms with Crippen molar-refractivity contribution in [3.63, 3.8) is 0 Å². The van der Waals surface area contributed by atoms with E-state index in [4.69, 9.17) is 4.42 Å². The van der Waals surface area contributed by atoms with E-state index in [0.717, 1.165) is 16.8 Å². The average molecular weight is 393 g/mol. The van der Waals surface area contributed by atoms with Crippen molar-refractivity contribution in [3.05, 3.63) is 76.3 Å². The number of benzene rings is 2. The Balaban J connectivity index is 1.37. The minimum Gasteiger partial charge on any atom is -0.388 e. The van der Waals surface area contributed by atoms with Crippen LogP contribution in [0.4, 0.5) is 0 Å². The molecular formula is C22H25N4O3+. The number of likely N-dealkylation sites (tertiary alicyclic amines) is 1. The van der Waals surface area contributed by atoms with Crippen LogP contribution in [0.3, 0.4) is 0 Å². The minimum absolute atomic E-state index is 0.172. The average Bonchev–Trinajstić information content (AvgIpc) is 3.38. The Morgan fingerprint density at radius 1 is 1.03 bits per heavy atom. The predicted octanol–water partition coefficient (Wildman–Crippen LogP) is 0.998. The number of aromatic nitrogens is 2. The van der Waals surface area contributed by atoms with Crippen LogP contribution in [0.25, 0.3) is 11.5 Å². The van der Waals surface area contributed by atoms with Gasteiger partial charge in [0.2, 0.25) is 11.8 Å². The maximum absolute atomic E-state index is 12.4. The molecule has 0 spiro atoms. The van der Waals surface area contributed by atoms with Crippen LogP contribution in [0.15, 0.2) is 63.8 Å². The van der Waals surface area contributed by atoms with Gasteiger partial charge < -0.3 is 14.6 Å². The summed E-state index contributed by atoms with van der Waals surface area (Å²) in [6, 6.07) is 17.3. The normalized spacial score (nSPS) is 14.2. The molecule has 0 unspecified atom stereocenters. The molecule has 2 aromatic carbocycles. The number of nitrogens with one attached hydrogen (secondary N) is 2. The van der Waals surface area contributed by atoms with Crippen LogP contribution in [0.5, 0.6) is 0 Å². The lowest BCUT2D eigenvalue weighted by molar-refractivity contribution is -0.901. The highest BCUT2D eigenvalue weighted by atomic mass is 16.4. The van der Waals surface area contributed by atoms with Crippen LogP contribution in [0, 0.1) is 0 Å². The molecule has 1 aliphatic heterocycles. The molecule has 1 fully saturated rings. The summed E-state index contributed by atoms with van der Waals surface area (Å²) in [5, 5.41) is 7.03. The Labute approximate surface area is 169 Å². The fourth-order valence-corrected chi connectivity index (χ4v) is 3.71. The summed E-state index contributed by atoms with van der Waals surface area (Å²) in [4.78, 5) is 26.0. The van der Waals surface area contributed by atoms with Crippen LogP contribution < -0.4 is 16.0 Å². The molecule has 7 nitrogen and oxygen atoms in total. The lowest BCUT2D eigenvalue weighted by Gasteiger charge is -2.15. The molecule has 7 heteroatoms. The SMILES string of the molecule is O=C(Cn1nc(-c2ccccc2)oc1=O)NCc1ccccc1C[NH+]1CCCC1. The molecule has 0 bridgehead atoms. The third-order valence-corrected chi connectivity index (χ3v) is 5.27. The number of amides is 1. The van der Waals surface area contributed by atoms with Crippen molar-refractivity contribution in [2.45, 2.75) is 32.5 Å². The van der Waals surface area contributed by atoms with Gasteiger partial charge in [0, 0.05) is 30.5 Å². The number of rotatable bonds is 7. The lowest BCUT2D eigenvalue weighted by atomic mass is 10.1. The maximum atomic E-state index is 12.4. The third-order valence-electron chi connectivity index (χ3n) is 5.27. The Hall–Kier alpha value is -3.19. The first-order chi connectivity index (χ1) is 14.2. The molecule has 1 aliphatic rings. The fraction of sp³-hybridized carbons (Fsp3) is 0.318. The van der Waals surface area contributed by atoms with Gasteiger partial charge in [-0.3, -0.25) is 4.79 Å². The number of carbonyl (C=O) groups is 1. The summed E-state index contributed by atoms with van der Waals surface area (Å²) in [6.07, 6.45) is 2.57. The minimum atomic E-state index is -0.642. The van der Waals surface area contributed by atoms with E-state index in [1.54, 1.807) is 17.0 Å². The smallest absolute Gasteiger partial charge is 0.388 e. The van der Waals surface area contributed by atoms with E-state index in [1.165, 1.54) is 31.5 Å². The Morgan fingerprint density at radius 3 is 2.48 bits per heavy atom. The van der Waals surface area contributed by atoms with E-state index in [1.807, 2.05) is 36.4 Å². The first-order valence-corrected chi connectivity index (χ1v) is 9.99.